The van der Waals surface area contributed by atoms with Crippen molar-refractivity contribution in [1.82, 2.24) is 29.5 Å². The fourth-order valence-electron chi connectivity index (χ4n) is 4.32. The second-order valence-electron chi connectivity index (χ2n) is 8.26. The van der Waals surface area contributed by atoms with E-state index in [4.69, 9.17) is 19.7 Å². The highest BCUT2D eigenvalue weighted by molar-refractivity contribution is 5.84. The van der Waals surface area contributed by atoms with Crippen molar-refractivity contribution in [1.29, 1.82) is 0 Å². The SMILES string of the molecule is COc1ccc(CCNc2nc(Nc3ccncn3)nc3c2ncn3C2CCCCC2)cc1. The van der Waals surface area contributed by atoms with Gasteiger partial charge in [0.15, 0.2) is 17.0 Å². The van der Waals surface area contributed by atoms with E-state index in [9.17, 15) is 0 Å². The van der Waals surface area contributed by atoms with E-state index < -0.39 is 0 Å². The van der Waals surface area contributed by atoms with Gasteiger partial charge in [0.05, 0.1) is 13.4 Å². The summed E-state index contributed by atoms with van der Waals surface area (Å²) in [6.07, 6.45) is 12.1. The number of fused-ring (bicyclic) bond motifs is 1. The maximum Gasteiger partial charge on any atom is 0.232 e. The Bertz CT molecular complexity index is 1190. The van der Waals surface area contributed by atoms with Gasteiger partial charge in [-0.25, -0.2) is 15.0 Å². The number of imidazole rings is 1. The lowest BCUT2D eigenvalue weighted by atomic mass is 9.95. The molecule has 1 saturated carbocycles. The Morgan fingerprint density at radius 3 is 2.64 bits per heavy atom. The molecule has 5 rings (SSSR count). The van der Waals surface area contributed by atoms with Crippen molar-refractivity contribution in [3.05, 3.63) is 54.7 Å². The molecule has 9 nitrogen and oxygen atoms in total. The normalized spacial score (nSPS) is 14.3. The molecule has 3 heterocycles. The van der Waals surface area contributed by atoms with Crippen LogP contribution < -0.4 is 15.4 Å². The maximum atomic E-state index is 5.25. The topological polar surface area (TPSA) is 103 Å². The van der Waals surface area contributed by atoms with Crippen molar-refractivity contribution in [3.63, 3.8) is 0 Å². The first-order chi connectivity index (χ1) is 16.3. The second kappa shape index (κ2) is 9.81. The van der Waals surface area contributed by atoms with Crippen LogP contribution in [0.25, 0.3) is 11.2 Å². The summed E-state index contributed by atoms with van der Waals surface area (Å²) in [5, 5.41) is 6.69. The van der Waals surface area contributed by atoms with Crippen molar-refractivity contribution < 1.29 is 4.74 Å². The van der Waals surface area contributed by atoms with Gasteiger partial charge in [-0.1, -0.05) is 31.4 Å². The minimum atomic E-state index is 0.428. The van der Waals surface area contributed by atoms with Crippen molar-refractivity contribution in [2.24, 2.45) is 0 Å². The number of methoxy groups -OCH3 is 1. The largest absolute Gasteiger partial charge is 0.497 e. The van der Waals surface area contributed by atoms with Gasteiger partial charge in [0, 0.05) is 18.8 Å². The zero-order chi connectivity index (χ0) is 22.5. The Balaban J connectivity index is 1.41. The molecule has 0 amide bonds. The third-order valence-corrected chi connectivity index (χ3v) is 6.08. The van der Waals surface area contributed by atoms with E-state index in [1.807, 2.05) is 18.5 Å². The smallest absolute Gasteiger partial charge is 0.232 e. The molecule has 0 saturated heterocycles. The molecule has 1 aliphatic carbocycles. The predicted octanol–water partition coefficient (Wildman–Crippen LogP) is 4.53. The van der Waals surface area contributed by atoms with Crippen LogP contribution in [-0.2, 0) is 6.42 Å². The molecule has 2 N–H and O–H groups in total. The van der Waals surface area contributed by atoms with E-state index in [1.54, 1.807) is 19.4 Å². The number of ether oxygens (including phenoxy) is 1. The van der Waals surface area contributed by atoms with E-state index in [1.165, 1.54) is 31.2 Å². The zero-order valence-electron chi connectivity index (χ0n) is 18.7. The Hall–Kier alpha value is -3.75. The first-order valence-electron chi connectivity index (χ1n) is 11.4. The Kier molecular flexibility index (Phi) is 6.27. The molecular formula is C24H28N8O. The summed E-state index contributed by atoms with van der Waals surface area (Å²) in [5.74, 6) is 2.72. The van der Waals surface area contributed by atoms with Crippen molar-refractivity contribution in [3.8, 4) is 5.75 Å². The lowest BCUT2D eigenvalue weighted by Crippen LogP contribution is -2.13. The number of hydrogen-bond donors (Lipinski definition) is 2. The number of nitrogens with one attached hydrogen (secondary N) is 2. The third-order valence-electron chi connectivity index (χ3n) is 6.08. The summed E-state index contributed by atoms with van der Waals surface area (Å²) in [7, 11) is 1.68. The molecule has 9 heteroatoms. The molecule has 4 aromatic rings. The van der Waals surface area contributed by atoms with E-state index >= 15 is 0 Å². The summed E-state index contributed by atoms with van der Waals surface area (Å²) in [6, 6.07) is 10.3. The number of rotatable bonds is 8. The molecule has 3 aromatic heterocycles. The summed E-state index contributed by atoms with van der Waals surface area (Å²) in [6.45, 7) is 0.724. The zero-order valence-corrected chi connectivity index (χ0v) is 18.7. The average Bonchev–Trinajstić information content (AvgIpc) is 3.30. The quantitative estimate of drug-likeness (QED) is 0.409. The van der Waals surface area contributed by atoms with Gasteiger partial charge in [-0.05, 0) is 43.0 Å². The highest BCUT2D eigenvalue weighted by Crippen LogP contribution is 2.32. The highest BCUT2D eigenvalue weighted by Gasteiger charge is 2.21. The summed E-state index contributed by atoms with van der Waals surface area (Å²) in [5.41, 5.74) is 2.87. The maximum absolute atomic E-state index is 5.25. The summed E-state index contributed by atoms with van der Waals surface area (Å²) >= 11 is 0. The minimum Gasteiger partial charge on any atom is -0.497 e. The van der Waals surface area contributed by atoms with Gasteiger partial charge in [-0.2, -0.15) is 9.97 Å². The van der Waals surface area contributed by atoms with Gasteiger partial charge < -0.3 is 19.9 Å². The molecule has 0 atom stereocenters. The van der Waals surface area contributed by atoms with Crippen molar-refractivity contribution in [2.45, 2.75) is 44.6 Å². The summed E-state index contributed by atoms with van der Waals surface area (Å²) < 4.78 is 7.46. The molecule has 170 valence electrons. The highest BCUT2D eigenvalue weighted by atomic mass is 16.5. The Morgan fingerprint density at radius 2 is 1.88 bits per heavy atom. The number of benzene rings is 1. The second-order valence-corrected chi connectivity index (χ2v) is 8.26. The lowest BCUT2D eigenvalue weighted by molar-refractivity contribution is 0.358. The molecular weight excluding hydrogens is 416 g/mol. The lowest BCUT2D eigenvalue weighted by Gasteiger charge is -2.23. The van der Waals surface area contributed by atoms with Gasteiger partial charge in [-0.15, -0.1) is 0 Å². The first kappa shape index (κ1) is 21.1. The molecule has 1 aromatic carbocycles. The van der Waals surface area contributed by atoms with Crippen molar-refractivity contribution in [2.75, 3.05) is 24.3 Å². The summed E-state index contributed by atoms with van der Waals surface area (Å²) in [4.78, 5) is 22.5. The van der Waals surface area contributed by atoms with Crippen LogP contribution >= 0.6 is 0 Å². The Morgan fingerprint density at radius 1 is 1.03 bits per heavy atom. The molecule has 0 radical (unpaired) electrons. The molecule has 0 bridgehead atoms. The number of nitrogens with zero attached hydrogens (tertiary/aromatic N) is 6. The fourth-order valence-corrected chi connectivity index (χ4v) is 4.32. The molecule has 1 aliphatic rings. The van der Waals surface area contributed by atoms with Crippen LogP contribution in [0.5, 0.6) is 5.75 Å². The predicted molar refractivity (Wildman–Crippen MR) is 128 cm³/mol. The van der Waals surface area contributed by atoms with E-state index in [-0.39, 0.29) is 0 Å². The van der Waals surface area contributed by atoms with Gasteiger partial charge in [0.2, 0.25) is 5.95 Å². The van der Waals surface area contributed by atoms with Crippen LogP contribution in [0.1, 0.15) is 43.7 Å². The molecule has 0 aliphatic heterocycles. The van der Waals surface area contributed by atoms with Gasteiger partial charge >= 0.3 is 0 Å². The van der Waals surface area contributed by atoms with Crippen LogP contribution in [0.4, 0.5) is 17.6 Å². The first-order valence-corrected chi connectivity index (χ1v) is 11.4. The van der Waals surface area contributed by atoms with Crippen LogP contribution in [0.15, 0.2) is 49.2 Å². The minimum absolute atomic E-state index is 0.428. The van der Waals surface area contributed by atoms with Crippen LogP contribution in [0, 0.1) is 0 Å². The molecule has 33 heavy (non-hydrogen) atoms. The van der Waals surface area contributed by atoms with Crippen LogP contribution in [0.2, 0.25) is 0 Å². The van der Waals surface area contributed by atoms with Gasteiger partial charge in [0.1, 0.15) is 17.9 Å². The average molecular weight is 445 g/mol. The van der Waals surface area contributed by atoms with Crippen LogP contribution in [-0.4, -0.2) is 43.1 Å². The standard InChI is InChI=1S/C24H28N8O/c1-33-19-9-7-17(8-10-19)11-14-26-22-21-23(32(16-28-21)18-5-3-2-4-6-18)31-24(30-22)29-20-12-13-25-15-27-20/h7-10,12-13,15-16,18H,2-6,11,14H2,1H3,(H2,25,26,27,29,30,31). The van der Waals surface area contributed by atoms with E-state index in [2.05, 4.69) is 37.3 Å². The molecule has 0 unspecified atom stereocenters. The Labute approximate surface area is 192 Å². The number of anilines is 3. The number of hydrogen-bond acceptors (Lipinski definition) is 8. The van der Waals surface area contributed by atoms with E-state index in [0.717, 1.165) is 48.5 Å². The van der Waals surface area contributed by atoms with Crippen LogP contribution in [0.3, 0.4) is 0 Å². The molecule has 0 spiro atoms. The third kappa shape index (κ3) is 4.87. The number of aromatic nitrogens is 6. The van der Waals surface area contributed by atoms with Gasteiger partial charge in [-0.3, -0.25) is 0 Å². The fraction of sp³-hybridized carbons (Fsp3) is 0.375. The monoisotopic (exact) mass is 444 g/mol. The van der Waals surface area contributed by atoms with Crippen molar-refractivity contribution >= 4 is 28.7 Å². The van der Waals surface area contributed by atoms with E-state index in [0.29, 0.717) is 17.8 Å². The molecule has 1 fully saturated rings. The van der Waals surface area contributed by atoms with Gasteiger partial charge in [0.25, 0.3) is 0 Å².